The van der Waals surface area contributed by atoms with Gasteiger partial charge in [0.25, 0.3) is 11.8 Å². The van der Waals surface area contributed by atoms with Gasteiger partial charge in [-0.2, -0.15) is 0 Å². The number of hydrogen-bond donors (Lipinski definition) is 5. The lowest BCUT2D eigenvalue weighted by atomic mass is 9.96. The molecule has 42 heavy (non-hydrogen) atoms. The number of phenols is 2. The van der Waals surface area contributed by atoms with Crippen molar-refractivity contribution in [1.82, 2.24) is 15.2 Å². The minimum atomic E-state index is -1.51. The van der Waals surface area contributed by atoms with E-state index in [1.807, 2.05) is 7.05 Å². The smallest absolute Gasteiger partial charge is 0.344 e. The minimum absolute atomic E-state index is 0.0153. The Bertz CT molecular complexity index is 1560. The fourth-order valence-electron chi connectivity index (χ4n) is 5.28. The summed E-state index contributed by atoms with van der Waals surface area (Å²) in [5.41, 5.74) is 7.28. The number of hydrogen-bond acceptors (Lipinski definition) is 13. The molecule has 2 amide bonds. The molecule has 2 unspecified atom stereocenters. The van der Waals surface area contributed by atoms with E-state index < -0.39 is 47.5 Å². The van der Waals surface area contributed by atoms with Crippen LogP contribution >= 0.6 is 23.1 Å². The number of likely N-dealkylation sites (N-methyl/N-ethyl adjacent to an activating group) is 1. The quantitative estimate of drug-likeness (QED) is 0.0715. The number of carbonyl (C=O) groups is 4. The van der Waals surface area contributed by atoms with Crippen molar-refractivity contribution in [3.05, 3.63) is 45.6 Å². The van der Waals surface area contributed by atoms with E-state index >= 15 is 0 Å². The van der Waals surface area contributed by atoms with Gasteiger partial charge in [-0.3, -0.25) is 14.5 Å². The molecule has 5 rings (SSSR count). The van der Waals surface area contributed by atoms with E-state index in [0.29, 0.717) is 36.1 Å². The summed E-state index contributed by atoms with van der Waals surface area (Å²) in [6.07, 6.45) is 0.602. The standard InChI is InChI=1S/C25H26N6O9S2/c1-31(3-2-11-4-15(32)16(33)5-12(11)6-31)7-13-9-41-23-19(22(37)30(23)20(13)24(38)39)28-21(36)18(29-40-8-17(34)35)14-10-42-25(26)27-14/h4-5,10,19,23H,2-3,6-9H2,1H3,(H6-,26,27,28,29,32,33,34,35,36,38,39)/t19?,23-,31?/m1/s1. The molecule has 0 bridgehead atoms. The molecule has 0 spiro atoms. The highest BCUT2D eigenvalue weighted by molar-refractivity contribution is 8.00. The molecular weight excluding hydrogens is 592 g/mol. The van der Waals surface area contributed by atoms with Gasteiger partial charge < -0.3 is 45.6 Å². The molecule has 1 fully saturated rings. The number of anilines is 1. The van der Waals surface area contributed by atoms with Crippen molar-refractivity contribution in [2.45, 2.75) is 24.4 Å². The highest BCUT2D eigenvalue weighted by atomic mass is 32.2. The van der Waals surface area contributed by atoms with Crippen LogP contribution in [-0.4, -0.2) is 103 Å². The van der Waals surface area contributed by atoms with Crippen LogP contribution in [0.25, 0.3) is 0 Å². The number of fused-ring (bicyclic) bond motifs is 2. The number of thioether (sulfide) groups is 1. The van der Waals surface area contributed by atoms with Gasteiger partial charge in [-0.05, 0) is 17.7 Å². The lowest BCUT2D eigenvalue weighted by Gasteiger charge is -2.51. The number of carboxylic acids is 2. The zero-order valence-corrected chi connectivity index (χ0v) is 23.7. The molecule has 0 saturated carbocycles. The van der Waals surface area contributed by atoms with Crippen molar-refractivity contribution < 1.29 is 48.9 Å². The molecule has 1 saturated heterocycles. The third kappa shape index (κ3) is 5.57. The van der Waals surface area contributed by atoms with Crippen molar-refractivity contribution in [3.63, 3.8) is 0 Å². The predicted molar refractivity (Wildman–Crippen MR) is 147 cm³/mol. The molecule has 0 aliphatic carbocycles. The summed E-state index contributed by atoms with van der Waals surface area (Å²) in [7, 11) is 1.95. The second-order valence-electron chi connectivity index (χ2n) is 10.3. The highest BCUT2D eigenvalue weighted by Crippen LogP contribution is 2.41. The zero-order chi connectivity index (χ0) is 30.3. The number of nitrogens with zero attached hydrogens (tertiary/aromatic N) is 4. The van der Waals surface area contributed by atoms with Crippen LogP contribution in [0.4, 0.5) is 5.13 Å². The largest absolute Gasteiger partial charge is 0.543 e. The maximum atomic E-state index is 13.2. The van der Waals surface area contributed by atoms with E-state index in [2.05, 4.69) is 15.5 Å². The van der Waals surface area contributed by atoms with Crippen LogP contribution in [0, 0.1) is 0 Å². The third-order valence-corrected chi connectivity index (χ3v) is 9.21. The molecular formula is C25H26N6O9S2. The first-order chi connectivity index (χ1) is 19.9. The van der Waals surface area contributed by atoms with Crippen molar-refractivity contribution in [2.75, 3.05) is 38.2 Å². The zero-order valence-electron chi connectivity index (χ0n) is 22.1. The van der Waals surface area contributed by atoms with Gasteiger partial charge in [-0.1, -0.05) is 5.16 Å². The average Bonchev–Trinajstić information content (AvgIpc) is 3.35. The van der Waals surface area contributed by atoms with Crippen molar-refractivity contribution >= 4 is 57.7 Å². The first-order valence-electron chi connectivity index (χ1n) is 12.6. The lowest BCUT2D eigenvalue weighted by molar-refractivity contribution is -0.920. The highest BCUT2D eigenvalue weighted by Gasteiger charge is 2.53. The second kappa shape index (κ2) is 11.1. The van der Waals surface area contributed by atoms with Crippen LogP contribution in [0.15, 0.2) is 33.9 Å². The van der Waals surface area contributed by atoms with Gasteiger partial charge >= 0.3 is 5.97 Å². The molecule has 2 aromatic rings. The van der Waals surface area contributed by atoms with Crippen molar-refractivity contribution in [1.29, 1.82) is 0 Å². The minimum Gasteiger partial charge on any atom is -0.543 e. The molecule has 1 aromatic heterocycles. The Labute approximate surface area is 246 Å². The van der Waals surface area contributed by atoms with Crippen molar-refractivity contribution in [2.24, 2.45) is 5.16 Å². The first kappa shape index (κ1) is 29.2. The van der Waals surface area contributed by atoms with Crippen LogP contribution in [-0.2, 0) is 37.0 Å². The molecule has 15 nitrogen and oxygen atoms in total. The lowest BCUT2D eigenvalue weighted by Crippen LogP contribution is -2.72. The fraction of sp³-hybridized carbons (Fsp3) is 0.360. The number of β-lactam (4-membered cyclic amide) rings is 1. The third-order valence-electron chi connectivity index (χ3n) is 7.19. The number of nitrogens with two attached hydrogens (primary N) is 1. The number of aliphatic carboxylic acids is 2. The number of nitrogen functional groups attached to an aromatic ring is 1. The summed E-state index contributed by atoms with van der Waals surface area (Å²) in [6, 6.07) is 1.95. The van der Waals surface area contributed by atoms with E-state index in [1.54, 1.807) is 0 Å². The van der Waals surface area contributed by atoms with Gasteiger partial charge in [0.2, 0.25) is 6.61 Å². The molecule has 6 N–H and O–H groups in total. The number of amides is 2. The Balaban J connectivity index is 1.33. The van der Waals surface area contributed by atoms with Gasteiger partial charge in [-0.15, -0.1) is 23.1 Å². The first-order valence-corrected chi connectivity index (χ1v) is 14.5. The molecule has 3 aliphatic rings. The molecule has 17 heteroatoms. The Morgan fingerprint density at radius 1 is 1.29 bits per heavy atom. The van der Waals surface area contributed by atoms with Crippen LogP contribution in [0.5, 0.6) is 11.5 Å². The number of nitrogens with one attached hydrogen (secondary N) is 1. The fourth-order valence-corrected chi connectivity index (χ4v) is 7.16. The van der Waals surface area contributed by atoms with Gasteiger partial charge in [-0.25, -0.2) is 9.78 Å². The van der Waals surface area contributed by atoms with Crippen LogP contribution in [0.3, 0.4) is 0 Å². The molecule has 222 valence electrons. The Kier molecular flexibility index (Phi) is 7.74. The number of phenolic OH excluding ortho intramolecular Hbond substituents is 2. The monoisotopic (exact) mass is 618 g/mol. The van der Waals surface area contributed by atoms with E-state index in [9.17, 15) is 34.5 Å². The van der Waals surface area contributed by atoms with E-state index in [-0.39, 0.29) is 33.8 Å². The summed E-state index contributed by atoms with van der Waals surface area (Å²) in [5.74, 6) is -4.53. The second-order valence-corrected chi connectivity index (χ2v) is 12.3. The Hall–Kier alpha value is -4.35. The van der Waals surface area contributed by atoms with Gasteiger partial charge in [0.15, 0.2) is 22.3 Å². The summed E-state index contributed by atoms with van der Waals surface area (Å²) in [5, 5.41) is 47.8. The molecule has 3 atom stereocenters. The normalized spacial score (nSPS) is 23.5. The number of benzene rings is 1. The number of aromatic hydroxyl groups is 2. The number of carboxylic acid groups (broad SMARTS) is 2. The number of rotatable bonds is 9. The van der Waals surface area contributed by atoms with Gasteiger partial charge in [0.1, 0.15) is 30.2 Å². The van der Waals surface area contributed by atoms with E-state index in [4.69, 9.17) is 15.7 Å². The molecule has 0 radical (unpaired) electrons. The number of oxime groups is 1. The van der Waals surface area contributed by atoms with Gasteiger partial charge in [0.05, 0.1) is 25.3 Å². The topological polar surface area (TPSA) is 228 Å². The van der Waals surface area contributed by atoms with E-state index in [0.717, 1.165) is 27.4 Å². The molecule has 1 aromatic carbocycles. The van der Waals surface area contributed by atoms with Crippen LogP contribution < -0.4 is 16.2 Å². The average molecular weight is 619 g/mol. The Morgan fingerprint density at radius 3 is 2.64 bits per heavy atom. The SMILES string of the molecule is C[N+]1(CC2=C(C(=O)[O-])N3C(=O)C(NC(=O)/C(=N\OCC(=O)O)c4csc(N)n4)[C@H]3SC2)CCc2cc(O)c(O)cc2C1. The van der Waals surface area contributed by atoms with Crippen LogP contribution in [0.2, 0.25) is 0 Å². The molecule has 3 aliphatic heterocycles. The summed E-state index contributed by atoms with van der Waals surface area (Å²) >= 11 is 2.30. The van der Waals surface area contributed by atoms with Gasteiger partial charge in [0, 0.05) is 28.7 Å². The number of quaternary nitrogens is 1. The predicted octanol–water partition coefficient (Wildman–Crippen LogP) is -1.45. The number of thiazole rings is 1. The molecule has 4 heterocycles. The van der Waals surface area contributed by atoms with E-state index in [1.165, 1.54) is 29.3 Å². The summed E-state index contributed by atoms with van der Waals surface area (Å²) in [4.78, 5) is 59.2. The maximum absolute atomic E-state index is 13.2. The summed E-state index contributed by atoms with van der Waals surface area (Å²) < 4.78 is 0.406. The maximum Gasteiger partial charge on any atom is 0.344 e. The summed E-state index contributed by atoms with van der Waals surface area (Å²) in [6.45, 7) is 0.587. The Morgan fingerprint density at radius 2 is 2.00 bits per heavy atom. The van der Waals surface area contributed by atoms with Crippen molar-refractivity contribution in [3.8, 4) is 11.5 Å². The van der Waals surface area contributed by atoms with Crippen LogP contribution in [0.1, 0.15) is 16.8 Å². The number of aromatic nitrogens is 1. The number of carbonyl (C=O) groups excluding carboxylic acids is 3.